The highest BCUT2D eigenvalue weighted by Crippen LogP contribution is 2.54. The number of piperidine rings is 1. The minimum Gasteiger partial charge on any atom is -0.375 e. The van der Waals surface area contributed by atoms with Crippen LogP contribution in [0, 0.1) is 5.41 Å². The smallest absolute Gasteiger partial charge is 0.258 e. The fourth-order valence-corrected chi connectivity index (χ4v) is 6.00. The van der Waals surface area contributed by atoms with Gasteiger partial charge in [0.1, 0.15) is 11.6 Å². The molecule has 1 N–H and O–H groups in total. The summed E-state index contributed by atoms with van der Waals surface area (Å²) in [6.45, 7) is 7.49. The molecule has 2 aromatic rings. The molecule has 188 valence electrons. The van der Waals surface area contributed by atoms with Gasteiger partial charge >= 0.3 is 0 Å². The Balaban J connectivity index is 1.40. The van der Waals surface area contributed by atoms with Crippen LogP contribution in [0.3, 0.4) is 0 Å². The molecule has 1 amide bonds. The summed E-state index contributed by atoms with van der Waals surface area (Å²) in [5, 5.41) is 2.95. The molecule has 1 aliphatic carbocycles. The average molecular weight is 499 g/mol. The van der Waals surface area contributed by atoms with Crippen LogP contribution in [0.2, 0.25) is 0 Å². The summed E-state index contributed by atoms with van der Waals surface area (Å²) in [7, 11) is -3.38. The molecule has 2 saturated heterocycles. The largest absolute Gasteiger partial charge is 0.375 e. The van der Waals surface area contributed by atoms with Gasteiger partial charge in [-0.05, 0) is 68.4 Å². The van der Waals surface area contributed by atoms with Crippen LogP contribution in [0.25, 0.3) is 0 Å². The van der Waals surface area contributed by atoms with Crippen LogP contribution in [0.1, 0.15) is 49.9 Å². The summed E-state index contributed by atoms with van der Waals surface area (Å²) in [4.78, 5) is 22.7. The van der Waals surface area contributed by atoms with Crippen molar-refractivity contribution in [1.82, 2.24) is 4.98 Å². The maximum atomic E-state index is 13.4. The highest BCUT2D eigenvalue weighted by Gasteiger charge is 2.44. The van der Waals surface area contributed by atoms with E-state index >= 15 is 0 Å². The second-order valence-electron chi connectivity index (χ2n) is 10.0. The molecule has 3 aliphatic rings. The molecule has 1 aromatic carbocycles. The minimum atomic E-state index is -3.38. The Kier molecular flexibility index (Phi) is 6.48. The van der Waals surface area contributed by atoms with Gasteiger partial charge in [0.2, 0.25) is 0 Å². The Morgan fingerprint density at radius 3 is 2.57 bits per heavy atom. The van der Waals surface area contributed by atoms with Gasteiger partial charge in [-0.25, -0.2) is 13.4 Å². The summed E-state index contributed by atoms with van der Waals surface area (Å²) in [6.07, 6.45) is 4.86. The zero-order valence-corrected chi connectivity index (χ0v) is 21.3. The Bertz CT molecular complexity index is 1200. The molecule has 1 spiro atoms. The van der Waals surface area contributed by atoms with Crippen LogP contribution >= 0.6 is 0 Å². The number of hydrogen-bond donors (Lipinski definition) is 1. The van der Waals surface area contributed by atoms with Crippen LogP contribution in [0.15, 0.2) is 41.3 Å². The van der Waals surface area contributed by atoms with E-state index < -0.39 is 9.84 Å². The van der Waals surface area contributed by atoms with Crippen molar-refractivity contribution in [3.8, 4) is 0 Å². The molecular weight excluding hydrogens is 464 g/mol. The normalized spacial score (nSPS) is 21.7. The number of nitrogens with one attached hydrogen (secondary N) is 1. The molecular formula is C26H34N4O4S. The van der Waals surface area contributed by atoms with Gasteiger partial charge < -0.3 is 19.9 Å². The molecule has 0 radical (unpaired) electrons. The summed E-state index contributed by atoms with van der Waals surface area (Å²) in [6, 6.07) is 10.5. The number of anilines is 3. The summed E-state index contributed by atoms with van der Waals surface area (Å²) < 4.78 is 30.8. The fourth-order valence-electron chi connectivity index (χ4n) is 5.10. The van der Waals surface area contributed by atoms with Crippen molar-refractivity contribution in [2.24, 2.45) is 5.41 Å². The van der Waals surface area contributed by atoms with E-state index in [0.29, 0.717) is 29.1 Å². The lowest BCUT2D eigenvalue weighted by Crippen LogP contribution is -2.41. The number of benzene rings is 1. The van der Waals surface area contributed by atoms with E-state index in [2.05, 4.69) is 20.1 Å². The highest BCUT2D eigenvalue weighted by molar-refractivity contribution is 7.91. The molecule has 0 unspecified atom stereocenters. The molecule has 5 rings (SSSR count). The van der Waals surface area contributed by atoms with Crippen LogP contribution in [0.5, 0.6) is 0 Å². The predicted octanol–water partition coefficient (Wildman–Crippen LogP) is 3.73. The highest BCUT2D eigenvalue weighted by atomic mass is 32.2. The molecule has 1 saturated carbocycles. The van der Waals surface area contributed by atoms with Gasteiger partial charge in [0.25, 0.3) is 5.91 Å². The summed E-state index contributed by atoms with van der Waals surface area (Å²) >= 11 is 0. The maximum absolute atomic E-state index is 13.4. The van der Waals surface area contributed by atoms with Crippen molar-refractivity contribution in [1.29, 1.82) is 0 Å². The van der Waals surface area contributed by atoms with Crippen molar-refractivity contribution in [3.63, 3.8) is 0 Å². The van der Waals surface area contributed by atoms with E-state index in [1.165, 1.54) is 12.8 Å². The molecule has 3 heterocycles. The Labute approximate surface area is 207 Å². The van der Waals surface area contributed by atoms with Crippen molar-refractivity contribution in [2.75, 3.05) is 53.7 Å². The molecule has 1 aromatic heterocycles. The van der Waals surface area contributed by atoms with Crippen molar-refractivity contribution in [3.05, 3.63) is 42.0 Å². The second kappa shape index (κ2) is 9.43. The number of morpholine rings is 1. The third kappa shape index (κ3) is 5.16. The number of amides is 1. The Hall–Kier alpha value is -2.65. The van der Waals surface area contributed by atoms with Crippen molar-refractivity contribution < 1.29 is 17.9 Å². The standard InChI is InChI=1S/C26H34N4O4S/c1-3-35(32,33)20-7-8-21(22(17-20)29-13-11-26(9-10-26)12-14-29)25(31)28-23-5-4-6-24(27-23)30-15-16-34-19(2)18-30/h4-8,17,19H,3,9-16,18H2,1-2H3,(H,27,28,31)/t19-/m1/s1. The number of carbonyl (C=O) groups excluding carboxylic acids is 1. The first-order valence-electron chi connectivity index (χ1n) is 12.6. The SMILES string of the molecule is CCS(=O)(=O)c1ccc(C(=O)Nc2cccc(N3CCO[C@H](C)C3)n2)c(N2CCC3(CC2)CC3)c1. The van der Waals surface area contributed by atoms with Crippen LogP contribution in [0.4, 0.5) is 17.3 Å². The molecule has 2 aliphatic heterocycles. The van der Waals surface area contributed by atoms with Crippen LogP contribution < -0.4 is 15.1 Å². The molecule has 35 heavy (non-hydrogen) atoms. The van der Waals surface area contributed by atoms with Crippen LogP contribution in [-0.2, 0) is 14.6 Å². The first-order valence-corrected chi connectivity index (χ1v) is 14.2. The van der Waals surface area contributed by atoms with E-state index in [1.54, 1.807) is 31.2 Å². The van der Waals surface area contributed by atoms with E-state index in [4.69, 9.17) is 4.74 Å². The Morgan fingerprint density at radius 2 is 1.89 bits per heavy atom. The third-order valence-corrected chi connectivity index (χ3v) is 9.35. The van der Waals surface area contributed by atoms with Gasteiger partial charge in [0.05, 0.1) is 34.6 Å². The first-order chi connectivity index (χ1) is 16.8. The topological polar surface area (TPSA) is 91.8 Å². The van der Waals surface area contributed by atoms with Crippen LogP contribution in [-0.4, -0.2) is 64.0 Å². The molecule has 1 atom stereocenters. The van der Waals surface area contributed by atoms with Gasteiger partial charge in [0, 0.05) is 26.2 Å². The van der Waals surface area contributed by atoms with Gasteiger partial charge in [-0.1, -0.05) is 13.0 Å². The number of aromatic nitrogens is 1. The number of sulfone groups is 1. The summed E-state index contributed by atoms with van der Waals surface area (Å²) in [5.41, 5.74) is 1.64. The van der Waals surface area contributed by atoms with E-state index in [9.17, 15) is 13.2 Å². The number of hydrogen-bond acceptors (Lipinski definition) is 7. The number of ether oxygens (including phenoxy) is 1. The van der Waals surface area contributed by atoms with E-state index in [0.717, 1.165) is 44.8 Å². The molecule has 9 heteroatoms. The molecule has 3 fully saturated rings. The monoisotopic (exact) mass is 498 g/mol. The number of nitrogens with zero attached hydrogens (tertiary/aromatic N) is 3. The number of pyridine rings is 1. The molecule has 0 bridgehead atoms. The van der Waals surface area contributed by atoms with Crippen molar-refractivity contribution >= 4 is 33.1 Å². The number of rotatable bonds is 6. The first kappa shape index (κ1) is 24.1. The average Bonchev–Trinajstić information content (AvgIpc) is 3.63. The predicted molar refractivity (Wildman–Crippen MR) is 137 cm³/mol. The quantitative estimate of drug-likeness (QED) is 0.649. The lowest BCUT2D eigenvalue weighted by atomic mass is 9.93. The zero-order chi connectivity index (χ0) is 24.6. The van der Waals surface area contributed by atoms with E-state index in [1.807, 2.05) is 19.1 Å². The van der Waals surface area contributed by atoms with Gasteiger partial charge in [-0.3, -0.25) is 4.79 Å². The van der Waals surface area contributed by atoms with Gasteiger partial charge in [-0.15, -0.1) is 0 Å². The zero-order valence-electron chi connectivity index (χ0n) is 20.5. The van der Waals surface area contributed by atoms with Gasteiger partial charge in [0.15, 0.2) is 9.84 Å². The third-order valence-electron chi connectivity index (χ3n) is 7.62. The van der Waals surface area contributed by atoms with E-state index in [-0.39, 0.29) is 22.7 Å². The Morgan fingerprint density at radius 1 is 1.11 bits per heavy atom. The maximum Gasteiger partial charge on any atom is 0.258 e. The van der Waals surface area contributed by atoms with Gasteiger partial charge in [-0.2, -0.15) is 0 Å². The molecule has 8 nitrogen and oxygen atoms in total. The second-order valence-corrected chi connectivity index (χ2v) is 12.3. The summed E-state index contributed by atoms with van der Waals surface area (Å²) in [5.74, 6) is 1.01. The number of carbonyl (C=O) groups is 1. The lowest BCUT2D eigenvalue weighted by Gasteiger charge is -2.35. The minimum absolute atomic E-state index is 0.0258. The fraction of sp³-hybridized carbons (Fsp3) is 0.538. The lowest BCUT2D eigenvalue weighted by molar-refractivity contribution is 0.0529. The van der Waals surface area contributed by atoms with Crippen molar-refractivity contribution in [2.45, 2.75) is 50.5 Å².